The first-order valence-corrected chi connectivity index (χ1v) is 7.78. The van der Waals surface area contributed by atoms with Crippen molar-refractivity contribution in [3.63, 3.8) is 0 Å². The number of nitrogens with zero attached hydrogens (tertiary/aromatic N) is 1. The van der Waals surface area contributed by atoms with E-state index < -0.39 is 0 Å². The fraction of sp³-hybridized carbons (Fsp3) is 0.118. The average molecular weight is 421 g/mol. The van der Waals surface area contributed by atoms with Crippen molar-refractivity contribution in [2.75, 3.05) is 13.9 Å². The Balaban J connectivity index is 2.03. The number of ether oxygens (including phenoxy) is 3. The number of phenols is 1. The summed E-state index contributed by atoms with van der Waals surface area (Å²) in [6.07, 6.45) is 1.74. The molecule has 0 spiro atoms. The van der Waals surface area contributed by atoms with E-state index in [1.807, 2.05) is 28.7 Å². The molecular formula is C17H12INO4. The van der Waals surface area contributed by atoms with E-state index >= 15 is 0 Å². The maximum absolute atomic E-state index is 9.89. The number of halogens is 1. The number of aromatic hydroxyl groups is 1. The van der Waals surface area contributed by atoms with Gasteiger partial charge in [0.15, 0.2) is 23.0 Å². The second kappa shape index (κ2) is 6.38. The lowest BCUT2D eigenvalue weighted by atomic mass is 10.0. The number of benzene rings is 2. The lowest BCUT2D eigenvalue weighted by Gasteiger charge is -2.07. The van der Waals surface area contributed by atoms with Gasteiger partial charge in [-0.15, -0.1) is 0 Å². The van der Waals surface area contributed by atoms with Crippen LogP contribution in [-0.4, -0.2) is 19.0 Å². The summed E-state index contributed by atoms with van der Waals surface area (Å²) in [6.45, 7) is 0.192. The first-order chi connectivity index (χ1) is 11.1. The van der Waals surface area contributed by atoms with Crippen LogP contribution in [0.2, 0.25) is 0 Å². The van der Waals surface area contributed by atoms with Crippen molar-refractivity contribution in [1.82, 2.24) is 0 Å². The molecule has 0 saturated heterocycles. The molecule has 2 aromatic rings. The topological polar surface area (TPSA) is 71.7 Å². The Bertz CT molecular complexity index is 839. The zero-order chi connectivity index (χ0) is 16.4. The smallest absolute Gasteiger partial charge is 0.231 e. The predicted molar refractivity (Wildman–Crippen MR) is 93.4 cm³/mol. The van der Waals surface area contributed by atoms with E-state index in [0.29, 0.717) is 26.4 Å². The SMILES string of the molecule is COc1cc(/C=C(/C#N)c2ccc3c(c2)OCO3)cc(I)c1O. The highest BCUT2D eigenvalue weighted by molar-refractivity contribution is 14.1. The number of phenolic OH excluding ortho intramolecular Hbond substituents is 1. The quantitative estimate of drug-likeness (QED) is 0.464. The fourth-order valence-corrected chi connectivity index (χ4v) is 2.87. The Morgan fingerprint density at radius 3 is 2.83 bits per heavy atom. The molecule has 0 fully saturated rings. The van der Waals surface area contributed by atoms with E-state index in [0.717, 1.165) is 11.1 Å². The molecular weight excluding hydrogens is 409 g/mol. The minimum Gasteiger partial charge on any atom is -0.504 e. The monoisotopic (exact) mass is 421 g/mol. The van der Waals surface area contributed by atoms with Crippen LogP contribution in [0.3, 0.4) is 0 Å². The molecule has 0 unspecified atom stereocenters. The van der Waals surface area contributed by atoms with E-state index in [4.69, 9.17) is 14.2 Å². The van der Waals surface area contributed by atoms with Crippen molar-refractivity contribution in [3.8, 4) is 29.1 Å². The van der Waals surface area contributed by atoms with Gasteiger partial charge in [0.2, 0.25) is 6.79 Å². The standard InChI is InChI=1S/C17H12INO4/c1-21-16-6-10(5-13(18)17(16)20)4-12(8-19)11-2-3-14-15(7-11)23-9-22-14/h2-7,20H,9H2,1H3/b12-4-. The third-order valence-corrected chi connectivity index (χ3v) is 4.21. The molecule has 23 heavy (non-hydrogen) atoms. The summed E-state index contributed by atoms with van der Waals surface area (Å²) < 4.78 is 16.4. The minimum absolute atomic E-state index is 0.0897. The number of hydrogen-bond acceptors (Lipinski definition) is 5. The van der Waals surface area contributed by atoms with Gasteiger partial charge in [0.25, 0.3) is 0 Å². The van der Waals surface area contributed by atoms with Gasteiger partial charge < -0.3 is 19.3 Å². The number of allylic oxidation sites excluding steroid dienone is 1. The summed E-state index contributed by atoms with van der Waals surface area (Å²) in [6, 6.07) is 11.0. The van der Waals surface area contributed by atoms with Gasteiger partial charge in [0, 0.05) is 0 Å². The van der Waals surface area contributed by atoms with Gasteiger partial charge in [-0.1, -0.05) is 0 Å². The van der Waals surface area contributed by atoms with Gasteiger partial charge in [-0.05, 0) is 70.1 Å². The van der Waals surface area contributed by atoms with Gasteiger partial charge >= 0.3 is 0 Å². The van der Waals surface area contributed by atoms with Crippen molar-refractivity contribution >= 4 is 34.2 Å². The highest BCUT2D eigenvalue weighted by Crippen LogP contribution is 2.36. The normalized spacial score (nSPS) is 12.8. The molecule has 116 valence electrons. The number of methoxy groups -OCH3 is 1. The molecule has 1 N–H and O–H groups in total. The second-order valence-corrected chi connectivity index (χ2v) is 5.95. The molecule has 0 radical (unpaired) electrons. The van der Waals surface area contributed by atoms with Crippen LogP contribution in [-0.2, 0) is 0 Å². The summed E-state index contributed by atoms with van der Waals surface area (Å²) in [7, 11) is 1.49. The summed E-state index contributed by atoms with van der Waals surface area (Å²) in [5, 5.41) is 19.4. The highest BCUT2D eigenvalue weighted by atomic mass is 127. The Hall–Kier alpha value is -2.40. The van der Waals surface area contributed by atoms with Crippen LogP contribution in [0.4, 0.5) is 0 Å². The van der Waals surface area contributed by atoms with E-state index in [1.165, 1.54) is 7.11 Å². The number of hydrogen-bond donors (Lipinski definition) is 1. The van der Waals surface area contributed by atoms with Gasteiger partial charge in [0.05, 0.1) is 22.3 Å². The molecule has 3 rings (SSSR count). The van der Waals surface area contributed by atoms with Crippen molar-refractivity contribution in [2.45, 2.75) is 0 Å². The van der Waals surface area contributed by atoms with Crippen LogP contribution in [0.5, 0.6) is 23.0 Å². The molecule has 1 aliphatic rings. The van der Waals surface area contributed by atoms with Crippen LogP contribution in [0.15, 0.2) is 30.3 Å². The van der Waals surface area contributed by atoms with Gasteiger partial charge in [-0.3, -0.25) is 0 Å². The maximum Gasteiger partial charge on any atom is 0.231 e. The molecule has 1 aliphatic heterocycles. The summed E-state index contributed by atoms with van der Waals surface area (Å²) in [4.78, 5) is 0. The molecule has 0 saturated carbocycles. The van der Waals surface area contributed by atoms with Gasteiger partial charge in [-0.25, -0.2) is 0 Å². The minimum atomic E-state index is 0.0897. The van der Waals surface area contributed by atoms with Crippen molar-refractivity contribution in [1.29, 1.82) is 5.26 Å². The van der Waals surface area contributed by atoms with Crippen molar-refractivity contribution < 1.29 is 19.3 Å². The number of fused-ring (bicyclic) bond motifs is 1. The van der Waals surface area contributed by atoms with Crippen molar-refractivity contribution in [3.05, 3.63) is 45.0 Å². The molecule has 0 atom stereocenters. The lowest BCUT2D eigenvalue weighted by molar-refractivity contribution is 0.174. The zero-order valence-corrected chi connectivity index (χ0v) is 14.3. The molecule has 6 heteroatoms. The largest absolute Gasteiger partial charge is 0.504 e. The highest BCUT2D eigenvalue weighted by Gasteiger charge is 2.15. The van der Waals surface area contributed by atoms with Crippen molar-refractivity contribution in [2.24, 2.45) is 0 Å². The summed E-state index contributed by atoms with van der Waals surface area (Å²) >= 11 is 2.02. The maximum atomic E-state index is 9.89. The molecule has 0 bridgehead atoms. The molecule has 0 amide bonds. The molecule has 0 aliphatic carbocycles. The first-order valence-electron chi connectivity index (χ1n) is 6.70. The third kappa shape index (κ3) is 3.05. The average Bonchev–Trinajstić information content (AvgIpc) is 3.03. The van der Waals surface area contributed by atoms with Gasteiger partial charge in [0.1, 0.15) is 0 Å². The summed E-state index contributed by atoms with van der Waals surface area (Å²) in [5.74, 6) is 1.76. The zero-order valence-electron chi connectivity index (χ0n) is 12.2. The predicted octanol–water partition coefficient (Wildman–Crippen LogP) is 3.80. The lowest BCUT2D eigenvalue weighted by Crippen LogP contribution is -1.92. The van der Waals surface area contributed by atoms with E-state index in [9.17, 15) is 10.4 Å². The van der Waals surface area contributed by atoms with Crippen LogP contribution in [0, 0.1) is 14.9 Å². The van der Waals surface area contributed by atoms with E-state index in [1.54, 1.807) is 30.3 Å². The Morgan fingerprint density at radius 2 is 2.09 bits per heavy atom. The Kier molecular flexibility index (Phi) is 4.30. The molecule has 2 aromatic carbocycles. The van der Waals surface area contributed by atoms with Crippen LogP contribution < -0.4 is 14.2 Å². The molecule has 0 aromatic heterocycles. The third-order valence-electron chi connectivity index (χ3n) is 3.39. The van der Waals surface area contributed by atoms with Crippen LogP contribution in [0.25, 0.3) is 11.6 Å². The Morgan fingerprint density at radius 1 is 1.30 bits per heavy atom. The fourth-order valence-electron chi connectivity index (χ4n) is 2.24. The number of rotatable bonds is 3. The van der Waals surface area contributed by atoms with Crippen LogP contribution in [0.1, 0.15) is 11.1 Å². The molecule has 5 nitrogen and oxygen atoms in total. The van der Waals surface area contributed by atoms with Crippen LogP contribution >= 0.6 is 22.6 Å². The first kappa shape index (κ1) is 15.5. The second-order valence-electron chi connectivity index (χ2n) is 4.79. The number of nitriles is 1. The van der Waals surface area contributed by atoms with Gasteiger partial charge in [-0.2, -0.15) is 5.26 Å². The Labute approximate surface area is 146 Å². The molecule has 1 heterocycles. The van der Waals surface area contributed by atoms with E-state index in [2.05, 4.69) is 6.07 Å². The van der Waals surface area contributed by atoms with E-state index in [-0.39, 0.29) is 12.5 Å². The summed E-state index contributed by atoms with van der Waals surface area (Å²) in [5.41, 5.74) is 1.98.